The number of carbonyl (C=O) groups excluding carboxylic acids is 1. The molecule has 0 aromatic rings. The van der Waals surface area contributed by atoms with Gasteiger partial charge in [0.1, 0.15) is 0 Å². The van der Waals surface area contributed by atoms with E-state index in [1.54, 1.807) is 0 Å². The van der Waals surface area contributed by atoms with Gasteiger partial charge in [0, 0.05) is 17.1 Å². The van der Waals surface area contributed by atoms with Gasteiger partial charge in [-0.1, -0.05) is 0 Å². The van der Waals surface area contributed by atoms with Gasteiger partial charge >= 0.3 is 17.1 Å². The first-order valence-corrected chi connectivity index (χ1v) is 0.236. The molecule has 0 saturated carbocycles. The summed E-state index contributed by atoms with van der Waals surface area (Å²) >= 11 is 0. The van der Waals surface area contributed by atoms with Gasteiger partial charge in [0.05, 0.1) is 0 Å². The van der Waals surface area contributed by atoms with E-state index in [9.17, 15) is 0 Å². The van der Waals surface area contributed by atoms with E-state index in [4.69, 9.17) is 4.79 Å². The largest absolute Gasteiger partial charge is 1.00 e. The molecule has 0 heterocycles. The monoisotopic (exact) mass is 155 g/mol. The summed E-state index contributed by atoms with van der Waals surface area (Å²) in [6, 6.07) is 0. The zero-order valence-electron chi connectivity index (χ0n) is 1.59. The topological polar surface area (TPSA) is 17.1 Å². The van der Waals surface area contributed by atoms with E-state index < -0.39 is 0 Å². The van der Waals surface area contributed by atoms with Gasteiger partial charge in [-0.25, -0.2) is 0 Å². The smallest absolute Gasteiger partial charge is 0.545 e. The first-order chi connectivity index (χ1) is 1.00. The fraction of sp³-hybridized carbons (Fsp3) is 0. The van der Waals surface area contributed by atoms with Crippen LogP contribution in [0.25, 0.3) is 0 Å². The number of hydrogen-bond acceptors (Lipinski definition) is 1. The molecule has 0 spiro atoms. The Bertz CT molecular complexity index is 6.00. The van der Waals surface area contributed by atoms with Crippen LogP contribution in [-0.2, 0) is 38.9 Å². The van der Waals surface area contributed by atoms with Gasteiger partial charge in [0.15, 0.2) is 0 Å². The molecule has 0 rings (SSSR count). The molecule has 0 saturated heterocycles. The van der Waals surface area contributed by atoms with Crippen LogP contribution in [0.1, 0.15) is 0 Å². The Morgan fingerprint density at radius 3 is 1.25 bits per heavy atom. The standard InChI is InChI=1S/CHO.2Cu/c1-2;;/h1H;;/q-1;;+1. The van der Waals surface area contributed by atoms with Crippen LogP contribution in [0.3, 0.4) is 0 Å². The second kappa shape index (κ2) is 54.2. The summed E-state index contributed by atoms with van der Waals surface area (Å²) < 4.78 is 0. The van der Waals surface area contributed by atoms with Crippen LogP contribution in [0.2, 0.25) is 0 Å². The molecule has 0 amide bonds. The zero-order chi connectivity index (χ0) is 2.00. The van der Waals surface area contributed by atoms with Crippen LogP contribution in [0.4, 0.5) is 0 Å². The Morgan fingerprint density at radius 2 is 1.25 bits per heavy atom. The summed E-state index contributed by atoms with van der Waals surface area (Å²) in [7, 11) is 0. The first-order valence-electron chi connectivity index (χ1n) is 0.236. The summed E-state index contributed by atoms with van der Waals surface area (Å²) in [5.41, 5.74) is 0. The molecule has 33 valence electrons. The molecule has 0 aromatic carbocycles. The van der Waals surface area contributed by atoms with Crippen molar-refractivity contribution in [1.82, 2.24) is 0 Å². The van der Waals surface area contributed by atoms with Crippen molar-refractivity contribution in [2.24, 2.45) is 0 Å². The predicted molar refractivity (Wildman–Crippen MR) is 6.75 cm³/mol. The average molecular weight is 156 g/mol. The quantitative estimate of drug-likeness (QED) is 0.268. The molecule has 4 heavy (non-hydrogen) atoms. The van der Waals surface area contributed by atoms with Crippen molar-refractivity contribution in [3.63, 3.8) is 0 Å². The van der Waals surface area contributed by atoms with E-state index >= 15 is 0 Å². The summed E-state index contributed by atoms with van der Waals surface area (Å²) in [4.78, 5) is 7.75. The molecule has 0 atom stereocenters. The van der Waals surface area contributed by atoms with E-state index in [1.807, 2.05) is 0 Å². The van der Waals surface area contributed by atoms with Crippen LogP contribution < -0.4 is 0 Å². The maximum Gasteiger partial charge on any atom is 1.00 e. The van der Waals surface area contributed by atoms with E-state index in [1.165, 1.54) is 0 Å². The van der Waals surface area contributed by atoms with Gasteiger partial charge in [-0.2, -0.15) is 0 Å². The van der Waals surface area contributed by atoms with E-state index in [0.29, 0.717) is 0 Å². The van der Waals surface area contributed by atoms with Gasteiger partial charge in [-0.15, -0.1) is 0 Å². The Morgan fingerprint density at radius 1 is 1.25 bits per heavy atom. The Balaban J connectivity index is -0.00000000500. The van der Waals surface area contributed by atoms with Crippen LogP contribution >= 0.6 is 0 Å². The fourth-order valence-corrected chi connectivity index (χ4v) is 0. The molecule has 0 aliphatic heterocycles. The van der Waals surface area contributed by atoms with Crippen molar-refractivity contribution in [3.8, 4) is 0 Å². The van der Waals surface area contributed by atoms with Crippen molar-refractivity contribution < 1.29 is 38.9 Å². The Kier molecular flexibility index (Phi) is 300. The van der Waals surface area contributed by atoms with Crippen molar-refractivity contribution in [1.29, 1.82) is 0 Å². The molecule has 0 aliphatic carbocycles. The average Bonchev–Trinajstić information content (AvgIpc) is 1.00. The summed E-state index contributed by atoms with van der Waals surface area (Å²) in [5.74, 6) is 0. The van der Waals surface area contributed by atoms with Crippen molar-refractivity contribution in [3.05, 3.63) is 0 Å². The molecule has 0 unspecified atom stereocenters. The van der Waals surface area contributed by atoms with Crippen LogP contribution in [0, 0.1) is 0 Å². The molecule has 3 heteroatoms. The maximum atomic E-state index is 7.75. The predicted octanol–water partition coefficient (Wildman–Crippen LogP) is -0.279. The maximum absolute atomic E-state index is 7.75. The van der Waals surface area contributed by atoms with Crippen molar-refractivity contribution in [2.45, 2.75) is 0 Å². The van der Waals surface area contributed by atoms with E-state index in [0.717, 1.165) is 0 Å². The van der Waals surface area contributed by atoms with Crippen LogP contribution in [-0.4, -0.2) is 6.79 Å². The minimum absolute atomic E-state index is 0. The minimum Gasteiger partial charge on any atom is -0.545 e. The van der Waals surface area contributed by atoms with Gasteiger partial charge in [-0.05, 0) is 0 Å². The molecular weight excluding hydrogens is 155 g/mol. The molecule has 0 fully saturated rings. The molecule has 0 aromatic heterocycles. The van der Waals surface area contributed by atoms with Gasteiger partial charge in [0.25, 0.3) is 0 Å². The van der Waals surface area contributed by atoms with Gasteiger partial charge in [0.2, 0.25) is 0 Å². The summed E-state index contributed by atoms with van der Waals surface area (Å²) in [6.07, 6.45) is 0. The second-order valence-corrected chi connectivity index (χ2v) is 0. The summed E-state index contributed by atoms with van der Waals surface area (Å²) in [6.45, 7) is 3.25. The minimum atomic E-state index is 0. The fourth-order valence-electron chi connectivity index (χ4n) is 0. The van der Waals surface area contributed by atoms with E-state index in [2.05, 4.69) is 6.79 Å². The molecule has 1 nitrogen and oxygen atoms in total. The molecule has 1 radical (unpaired) electrons. The van der Waals surface area contributed by atoms with Crippen molar-refractivity contribution in [2.75, 3.05) is 0 Å². The molecule has 0 N–H and O–H groups in total. The van der Waals surface area contributed by atoms with Gasteiger partial charge < -0.3 is 4.79 Å². The number of rotatable bonds is 0. The second-order valence-electron chi connectivity index (χ2n) is 0. The van der Waals surface area contributed by atoms with Gasteiger partial charge in [-0.3, -0.25) is 6.79 Å². The zero-order valence-corrected chi connectivity index (χ0v) is 3.47. The molecule has 0 aliphatic rings. The van der Waals surface area contributed by atoms with Crippen LogP contribution in [0.5, 0.6) is 0 Å². The van der Waals surface area contributed by atoms with Crippen molar-refractivity contribution >= 4 is 6.79 Å². The number of hydrogen-bond donors (Lipinski definition) is 0. The third-order valence-electron chi connectivity index (χ3n) is 0. The molecular formula is CHCu2O. The van der Waals surface area contributed by atoms with Crippen LogP contribution in [0.15, 0.2) is 0 Å². The summed E-state index contributed by atoms with van der Waals surface area (Å²) in [5, 5.41) is 0. The Hall–Kier alpha value is 0.709. The van der Waals surface area contributed by atoms with E-state index in [-0.39, 0.29) is 34.1 Å². The normalized spacial score (nSPS) is 1.00. The third kappa shape index (κ3) is 15.7. The third-order valence-corrected chi connectivity index (χ3v) is 0. The first kappa shape index (κ1) is 22.2. The SMILES string of the molecule is [CH-]=O.[Cu+].[Cu]. The Labute approximate surface area is 46.1 Å². The molecule has 0 bridgehead atoms.